The van der Waals surface area contributed by atoms with Crippen LogP contribution < -0.4 is 15.5 Å². The highest BCUT2D eigenvalue weighted by Gasteiger charge is 1.97. The number of hydrogen-bond acceptors (Lipinski definition) is 3. The van der Waals surface area contributed by atoms with Crippen molar-refractivity contribution in [1.29, 1.82) is 0 Å². The summed E-state index contributed by atoms with van der Waals surface area (Å²) in [6.07, 6.45) is 1.68. The molecule has 0 unspecified atom stereocenters. The van der Waals surface area contributed by atoms with Crippen molar-refractivity contribution in [2.24, 2.45) is 5.10 Å². The molecule has 6 heteroatoms. The second-order valence-corrected chi connectivity index (χ2v) is 5.18. The van der Waals surface area contributed by atoms with E-state index in [1.807, 2.05) is 43.3 Å². The summed E-state index contributed by atoms with van der Waals surface area (Å²) >= 11 is 11.1. The molecule has 0 bridgehead atoms. The predicted octanol–water partition coefficient (Wildman–Crippen LogP) is 4.06. The van der Waals surface area contributed by atoms with Gasteiger partial charge < -0.3 is 10.1 Å². The third-order valence-electron chi connectivity index (χ3n) is 2.65. The Hall–Kier alpha value is -2.11. The SMILES string of the molecule is CCOc1ccc(/C=N\NC(=S)Nc2cccc(Cl)c2)cc1. The molecule has 0 aliphatic rings. The summed E-state index contributed by atoms with van der Waals surface area (Å²) in [4.78, 5) is 0. The van der Waals surface area contributed by atoms with E-state index in [1.165, 1.54) is 0 Å². The first-order valence-electron chi connectivity index (χ1n) is 6.76. The number of benzene rings is 2. The van der Waals surface area contributed by atoms with Gasteiger partial charge >= 0.3 is 0 Å². The number of hydrogen-bond donors (Lipinski definition) is 2. The minimum Gasteiger partial charge on any atom is -0.494 e. The second kappa shape index (κ2) is 8.36. The zero-order chi connectivity index (χ0) is 15.8. The molecule has 0 radical (unpaired) electrons. The first-order chi connectivity index (χ1) is 10.7. The van der Waals surface area contributed by atoms with Crippen molar-refractivity contribution >= 4 is 40.8 Å². The summed E-state index contributed by atoms with van der Waals surface area (Å²) in [5.41, 5.74) is 4.51. The van der Waals surface area contributed by atoms with Crippen LogP contribution in [0.25, 0.3) is 0 Å². The van der Waals surface area contributed by atoms with E-state index in [2.05, 4.69) is 15.8 Å². The van der Waals surface area contributed by atoms with E-state index in [0.29, 0.717) is 16.7 Å². The van der Waals surface area contributed by atoms with Gasteiger partial charge in [-0.3, -0.25) is 5.43 Å². The number of ether oxygens (including phenoxy) is 1. The van der Waals surface area contributed by atoms with E-state index in [1.54, 1.807) is 18.3 Å². The van der Waals surface area contributed by atoms with Crippen molar-refractivity contribution in [2.45, 2.75) is 6.92 Å². The molecular formula is C16H16ClN3OS. The Kier molecular flexibility index (Phi) is 6.18. The van der Waals surface area contributed by atoms with Crippen molar-refractivity contribution in [2.75, 3.05) is 11.9 Å². The summed E-state index contributed by atoms with van der Waals surface area (Å²) < 4.78 is 5.38. The van der Waals surface area contributed by atoms with Crippen molar-refractivity contribution in [1.82, 2.24) is 5.43 Å². The van der Waals surface area contributed by atoms with Crippen molar-refractivity contribution in [3.63, 3.8) is 0 Å². The molecule has 0 aliphatic heterocycles. The normalized spacial score (nSPS) is 10.5. The predicted molar refractivity (Wildman–Crippen MR) is 96.0 cm³/mol. The fraction of sp³-hybridized carbons (Fsp3) is 0.125. The molecule has 0 saturated carbocycles. The topological polar surface area (TPSA) is 45.6 Å². The average Bonchev–Trinajstić information content (AvgIpc) is 2.49. The number of anilines is 1. The van der Waals surface area contributed by atoms with E-state index in [9.17, 15) is 0 Å². The number of hydrazone groups is 1. The molecular weight excluding hydrogens is 318 g/mol. The average molecular weight is 334 g/mol. The fourth-order valence-corrected chi connectivity index (χ4v) is 2.07. The monoisotopic (exact) mass is 333 g/mol. The Labute approximate surface area is 140 Å². The third kappa shape index (κ3) is 5.35. The van der Waals surface area contributed by atoms with Crippen LogP contribution in [0.5, 0.6) is 5.75 Å². The maximum absolute atomic E-state index is 5.90. The van der Waals surface area contributed by atoms with Gasteiger partial charge in [-0.2, -0.15) is 5.10 Å². The van der Waals surface area contributed by atoms with E-state index in [-0.39, 0.29) is 0 Å². The molecule has 114 valence electrons. The molecule has 0 fully saturated rings. The van der Waals surface area contributed by atoms with Crippen LogP contribution in [-0.4, -0.2) is 17.9 Å². The van der Waals surface area contributed by atoms with Gasteiger partial charge in [0.25, 0.3) is 0 Å². The maximum Gasteiger partial charge on any atom is 0.191 e. The van der Waals surface area contributed by atoms with Gasteiger partial charge in [0.2, 0.25) is 0 Å². The van der Waals surface area contributed by atoms with Gasteiger partial charge in [-0.1, -0.05) is 17.7 Å². The highest BCUT2D eigenvalue weighted by molar-refractivity contribution is 7.80. The summed E-state index contributed by atoms with van der Waals surface area (Å²) in [7, 11) is 0. The lowest BCUT2D eigenvalue weighted by molar-refractivity contribution is 0.340. The molecule has 0 amide bonds. The van der Waals surface area contributed by atoms with Gasteiger partial charge in [-0.15, -0.1) is 0 Å². The summed E-state index contributed by atoms with van der Waals surface area (Å²) in [6, 6.07) is 14.9. The lowest BCUT2D eigenvalue weighted by Gasteiger charge is -2.07. The molecule has 0 atom stereocenters. The number of thiocarbonyl (C=S) groups is 1. The molecule has 4 nitrogen and oxygen atoms in total. The molecule has 22 heavy (non-hydrogen) atoms. The first kappa shape index (κ1) is 16.3. The van der Waals surface area contributed by atoms with Crippen LogP contribution in [0.1, 0.15) is 12.5 Å². The quantitative estimate of drug-likeness (QED) is 0.492. The zero-order valence-corrected chi connectivity index (χ0v) is 13.6. The molecule has 2 rings (SSSR count). The van der Waals surface area contributed by atoms with Gasteiger partial charge in [0.05, 0.1) is 12.8 Å². The van der Waals surface area contributed by atoms with Crippen LogP contribution in [0.2, 0.25) is 5.02 Å². The van der Waals surface area contributed by atoms with Crippen molar-refractivity contribution < 1.29 is 4.74 Å². The first-order valence-corrected chi connectivity index (χ1v) is 7.54. The fourth-order valence-electron chi connectivity index (χ4n) is 1.71. The Morgan fingerprint density at radius 1 is 1.27 bits per heavy atom. The van der Waals surface area contributed by atoms with Crippen LogP contribution >= 0.6 is 23.8 Å². The Morgan fingerprint density at radius 3 is 2.73 bits per heavy atom. The minimum absolute atomic E-state index is 0.393. The lowest BCUT2D eigenvalue weighted by Crippen LogP contribution is -2.23. The molecule has 0 spiro atoms. The highest BCUT2D eigenvalue weighted by Crippen LogP contribution is 2.14. The van der Waals surface area contributed by atoms with Gasteiger partial charge in [0, 0.05) is 10.7 Å². The zero-order valence-electron chi connectivity index (χ0n) is 12.0. The minimum atomic E-state index is 0.393. The molecule has 0 aromatic heterocycles. The maximum atomic E-state index is 5.90. The smallest absolute Gasteiger partial charge is 0.191 e. The van der Waals surface area contributed by atoms with Crippen LogP contribution in [-0.2, 0) is 0 Å². The standard InChI is InChI=1S/C16H16ClN3OS/c1-2-21-15-8-6-12(7-9-15)11-18-20-16(22)19-14-5-3-4-13(17)10-14/h3-11H,2H2,1H3,(H2,19,20,22)/b18-11-. The van der Waals surface area contributed by atoms with Crippen LogP contribution in [0.3, 0.4) is 0 Å². The van der Waals surface area contributed by atoms with Crippen LogP contribution in [0.15, 0.2) is 53.6 Å². The summed E-state index contributed by atoms with van der Waals surface area (Å²) in [5.74, 6) is 0.839. The van der Waals surface area contributed by atoms with Crippen molar-refractivity contribution in [3.05, 3.63) is 59.1 Å². The number of halogens is 1. The van der Waals surface area contributed by atoms with Crippen LogP contribution in [0.4, 0.5) is 5.69 Å². The molecule has 2 aromatic carbocycles. The van der Waals surface area contributed by atoms with Gasteiger partial charge in [0.15, 0.2) is 5.11 Å². The number of nitrogens with zero attached hydrogens (tertiary/aromatic N) is 1. The third-order valence-corrected chi connectivity index (χ3v) is 3.08. The molecule has 2 N–H and O–H groups in total. The molecule has 0 heterocycles. The van der Waals surface area contributed by atoms with Crippen LogP contribution in [0, 0.1) is 0 Å². The Balaban J connectivity index is 1.85. The largest absolute Gasteiger partial charge is 0.494 e. The lowest BCUT2D eigenvalue weighted by atomic mass is 10.2. The number of nitrogens with one attached hydrogen (secondary N) is 2. The molecule has 0 saturated heterocycles. The van der Waals surface area contributed by atoms with E-state index in [4.69, 9.17) is 28.6 Å². The van der Waals surface area contributed by atoms with E-state index < -0.39 is 0 Å². The van der Waals surface area contributed by atoms with Gasteiger partial charge in [-0.25, -0.2) is 0 Å². The Morgan fingerprint density at radius 2 is 2.05 bits per heavy atom. The molecule has 0 aliphatic carbocycles. The van der Waals surface area contributed by atoms with Crippen molar-refractivity contribution in [3.8, 4) is 5.75 Å². The number of rotatable bonds is 5. The summed E-state index contributed by atoms with van der Waals surface area (Å²) in [5, 5.41) is 8.12. The van der Waals surface area contributed by atoms with E-state index >= 15 is 0 Å². The van der Waals surface area contributed by atoms with Gasteiger partial charge in [-0.05, 0) is 67.2 Å². The summed E-state index contributed by atoms with van der Waals surface area (Å²) in [6.45, 7) is 2.60. The Bertz CT molecular complexity index is 659. The van der Waals surface area contributed by atoms with E-state index in [0.717, 1.165) is 17.0 Å². The second-order valence-electron chi connectivity index (χ2n) is 4.34. The highest BCUT2D eigenvalue weighted by atomic mass is 35.5. The molecule has 2 aromatic rings. The van der Waals surface area contributed by atoms with Gasteiger partial charge in [0.1, 0.15) is 5.75 Å².